The van der Waals surface area contributed by atoms with Gasteiger partial charge in [0.1, 0.15) is 11.6 Å². The Morgan fingerprint density at radius 3 is 2.38 bits per heavy atom. The molecule has 4 aromatic rings. The SMILES string of the molecule is N=Cc1c(Nc2ccccc2)nc(-c2ccc(Cl)cc2Cl)c(-c2ccc(Cl)cc2)c1OCCCN1CCOCC1. The fourth-order valence-electron chi connectivity index (χ4n) is 4.66. The van der Waals surface area contributed by atoms with Crippen LogP contribution >= 0.6 is 34.8 Å². The number of hydrogen-bond acceptors (Lipinski definition) is 6. The molecule has 5 rings (SSSR count). The Hall–Kier alpha value is -3.13. The summed E-state index contributed by atoms with van der Waals surface area (Å²) < 4.78 is 12.0. The zero-order valence-electron chi connectivity index (χ0n) is 21.8. The molecule has 2 heterocycles. The topological polar surface area (TPSA) is 70.5 Å². The van der Waals surface area contributed by atoms with Crippen molar-refractivity contribution in [1.82, 2.24) is 9.88 Å². The number of nitrogens with zero attached hydrogens (tertiary/aromatic N) is 2. The minimum absolute atomic E-state index is 0.460. The lowest BCUT2D eigenvalue weighted by Crippen LogP contribution is -2.37. The van der Waals surface area contributed by atoms with Crippen LogP contribution in [0.15, 0.2) is 72.8 Å². The highest BCUT2D eigenvalue weighted by Gasteiger charge is 2.24. The van der Waals surface area contributed by atoms with Gasteiger partial charge >= 0.3 is 0 Å². The molecular formula is C31H29Cl3N4O2. The molecule has 0 saturated carbocycles. The highest BCUT2D eigenvalue weighted by Crippen LogP contribution is 2.45. The fraction of sp³-hybridized carbons (Fsp3) is 0.226. The van der Waals surface area contributed by atoms with Crippen LogP contribution in [-0.4, -0.2) is 55.6 Å². The van der Waals surface area contributed by atoms with Gasteiger partial charge in [0.15, 0.2) is 0 Å². The van der Waals surface area contributed by atoms with Crippen molar-refractivity contribution in [2.24, 2.45) is 0 Å². The van der Waals surface area contributed by atoms with Gasteiger partial charge in [-0.05, 0) is 54.4 Å². The van der Waals surface area contributed by atoms with E-state index in [2.05, 4.69) is 10.2 Å². The number of nitrogens with one attached hydrogen (secondary N) is 2. The van der Waals surface area contributed by atoms with E-state index in [1.54, 1.807) is 12.1 Å². The summed E-state index contributed by atoms with van der Waals surface area (Å²) in [5.41, 5.74) is 4.25. The zero-order chi connectivity index (χ0) is 27.9. The lowest BCUT2D eigenvalue weighted by Gasteiger charge is -2.26. The van der Waals surface area contributed by atoms with Gasteiger partial charge in [-0.1, -0.05) is 65.1 Å². The fourth-order valence-corrected chi connectivity index (χ4v) is 5.29. The summed E-state index contributed by atoms with van der Waals surface area (Å²) in [6.45, 7) is 4.70. The third kappa shape index (κ3) is 6.77. The molecule has 1 aliphatic heterocycles. The zero-order valence-corrected chi connectivity index (χ0v) is 24.1. The highest BCUT2D eigenvalue weighted by atomic mass is 35.5. The van der Waals surface area contributed by atoms with Gasteiger partial charge in [-0.2, -0.15) is 0 Å². The van der Waals surface area contributed by atoms with Gasteiger partial charge in [-0.15, -0.1) is 0 Å². The lowest BCUT2D eigenvalue weighted by atomic mass is 9.96. The van der Waals surface area contributed by atoms with Gasteiger partial charge in [0.2, 0.25) is 0 Å². The van der Waals surface area contributed by atoms with Crippen LogP contribution in [0.4, 0.5) is 11.5 Å². The maximum absolute atomic E-state index is 8.40. The Morgan fingerprint density at radius 1 is 0.950 bits per heavy atom. The molecule has 1 saturated heterocycles. The summed E-state index contributed by atoms with van der Waals surface area (Å²) in [5, 5.41) is 13.4. The van der Waals surface area contributed by atoms with Crippen LogP contribution in [0.1, 0.15) is 12.0 Å². The lowest BCUT2D eigenvalue weighted by molar-refractivity contribution is 0.0358. The van der Waals surface area contributed by atoms with Gasteiger partial charge in [0, 0.05) is 47.1 Å². The average molecular weight is 596 g/mol. The molecule has 0 bridgehead atoms. The molecule has 2 N–H and O–H groups in total. The molecule has 1 fully saturated rings. The first-order valence-corrected chi connectivity index (χ1v) is 14.2. The number of benzene rings is 3. The first-order chi connectivity index (χ1) is 19.5. The molecule has 0 spiro atoms. The van der Waals surface area contributed by atoms with Crippen LogP contribution in [-0.2, 0) is 4.74 Å². The second-order valence-electron chi connectivity index (χ2n) is 9.35. The Kier molecular flexibility index (Phi) is 9.57. The van der Waals surface area contributed by atoms with E-state index in [0.29, 0.717) is 50.1 Å². The van der Waals surface area contributed by atoms with E-state index in [1.165, 1.54) is 6.21 Å². The molecule has 1 aromatic heterocycles. The normalized spacial score (nSPS) is 13.7. The summed E-state index contributed by atoms with van der Waals surface area (Å²) in [6, 6.07) is 22.5. The summed E-state index contributed by atoms with van der Waals surface area (Å²) in [5.74, 6) is 1.04. The molecule has 0 amide bonds. The third-order valence-electron chi connectivity index (χ3n) is 6.66. The Morgan fingerprint density at radius 2 is 1.68 bits per heavy atom. The third-order valence-corrected chi connectivity index (χ3v) is 7.46. The Balaban J connectivity index is 1.64. The number of para-hydroxylation sites is 1. The van der Waals surface area contributed by atoms with Crippen molar-refractivity contribution in [2.75, 3.05) is 44.8 Å². The van der Waals surface area contributed by atoms with Crippen LogP contribution in [0.2, 0.25) is 15.1 Å². The van der Waals surface area contributed by atoms with E-state index in [4.69, 9.17) is 54.7 Å². The predicted molar refractivity (Wildman–Crippen MR) is 165 cm³/mol. The van der Waals surface area contributed by atoms with Crippen LogP contribution < -0.4 is 10.1 Å². The minimum atomic E-state index is 0.460. The predicted octanol–water partition coefficient (Wildman–Crippen LogP) is 8.22. The minimum Gasteiger partial charge on any atom is -0.492 e. The first-order valence-electron chi connectivity index (χ1n) is 13.1. The molecular weight excluding hydrogens is 567 g/mol. The molecule has 0 atom stereocenters. The number of ether oxygens (including phenoxy) is 2. The maximum atomic E-state index is 8.40. The van der Waals surface area contributed by atoms with Crippen molar-refractivity contribution in [3.05, 3.63) is 93.4 Å². The standard InChI is InChI=1S/C31H29Cl3N4O2/c32-22-9-7-21(8-10-22)28-29(25-12-11-23(33)19-27(25)34)37-31(36-24-5-2-1-3-6-24)26(20-35)30(28)40-16-4-13-38-14-17-39-18-15-38/h1-3,5-12,19-20,35H,4,13-18H2,(H,36,37). The van der Waals surface area contributed by atoms with Gasteiger partial charge in [-0.25, -0.2) is 4.98 Å². The number of hydrogen-bond donors (Lipinski definition) is 2. The van der Waals surface area contributed by atoms with E-state index in [1.807, 2.05) is 60.7 Å². The highest BCUT2D eigenvalue weighted by molar-refractivity contribution is 6.36. The number of anilines is 2. The second kappa shape index (κ2) is 13.5. The summed E-state index contributed by atoms with van der Waals surface area (Å²) in [7, 11) is 0. The van der Waals surface area contributed by atoms with Gasteiger partial charge in [-0.3, -0.25) is 4.90 Å². The average Bonchev–Trinajstić information content (AvgIpc) is 2.97. The number of halogens is 3. The molecule has 6 nitrogen and oxygen atoms in total. The van der Waals surface area contributed by atoms with Crippen molar-refractivity contribution in [3.63, 3.8) is 0 Å². The van der Waals surface area contributed by atoms with Crippen LogP contribution in [0.5, 0.6) is 5.75 Å². The van der Waals surface area contributed by atoms with E-state index in [0.717, 1.165) is 56.1 Å². The molecule has 0 radical (unpaired) electrons. The van der Waals surface area contributed by atoms with E-state index in [9.17, 15) is 0 Å². The summed E-state index contributed by atoms with van der Waals surface area (Å²) in [4.78, 5) is 7.41. The van der Waals surface area contributed by atoms with Crippen LogP contribution in [0.25, 0.3) is 22.4 Å². The van der Waals surface area contributed by atoms with Gasteiger partial charge in [0.05, 0.1) is 41.7 Å². The smallest absolute Gasteiger partial charge is 0.143 e. The molecule has 0 aliphatic carbocycles. The van der Waals surface area contributed by atoms with Gasteiger partial charge in [0.25, 0.3) is 0 Å². The molecule has 0 unspecified atom stereocenters. The van der Waals surface area contributed by atoms with Crippen LogP contribution in [0.3, 0.4) is 0 Å². The van der Waals surface area contributed by atoms with E-state index in [-0.39, 0.29) is 0 Å². The van der Waals surface area contributed by atoms with Crippen molar-refractivity contribution >= 4 is 52.5 Å². The largest absolute Gasteiger partial charge is 0.492 e. The Labute approximate surface area is 249 Å². The molecule has 40 heavy (non-hydrogen) atoms. The van der Waals surface area contributed by atoms with Crippen molar-refractivity contribution in [3.8, 4) is 28.1 Å². The van der Waals surface area contributed by atoms with Crippen molar-refractivity contribution in [1.29, 1.82) is 5.41 Å². The maximum Gasteiger partial charge on any atom is 0.143 e. The summed E-state index contributed by atoms with van der Waals surface area (Å²) >= 11 is 19.2. The molecule has 1 aliphatic rings. The second-order valence-corrected chi connectivity index (χ2v) is 10.6. The van der Waals surface area contributed by atoms with Gasteiger partial charge < -0.3 is 20.2 Å². The van der Waals surface area contributed by atoms with E-state index >= 15 is 0 Å². The first kappa shape index (κ1) is 28.4. The number of aromatic nitrogens is 1. The van der Waals surface area contributed by atoms with E-state index < -0.39 is 0 Å². The van der Waals surface area contributed by atoms with Crippen molar-refractivity contribution in [2.45, 2.75) is 6.42 Å². The number of rotatable bonds is 10. The molecule has 3 aromatic carbocycles. The Bertz CT molecular complexity index is 1460. The molecule has 206 valence electrons. The van der Waals surface area contributed by atoms with Crippen LogP contribution in [0, 0.1) is 5.41 Å². The molecule has 9 heteroatoms. The summed E-state index contributed by atoms with van der Waals surface area (Å²) in [6.07, 6.45) is 2.10. The monoisotopic (exact) mass is 594 g/mol. The van der Waals surface area contributed by atoms with Crippen molar-refractivity contribution < 1.29 is 9.47 Å². The number of morpholine rings is 1. The quantitative estimate of drug-likeness (QED) is 0.143. The number of pyridine rings is 1.